The van der Waals surface area contributed by atoms with E-state index in [0.717, 1.165) is 33.4 Å². The van der Waals surface area contributed by atoms with Gasteiger partial charge in [-0.1, -0.05) is 18.7 Å². The summed E-state index contributed by atoms with van der Waals surface area (Å²) in [6.45, 7) is 4.61. The molecular formula is C21H17FN4O. The molecule has 2 N–H and O–H groups in total. The third-order valence-electron chi connectivity index (χ3n) is 4.36. The second-order valence-electron chi connectivity index (χ2n) is 6.16. The molecule has 0 atom stereocenters. The fourth-order valence-corrected chi connectivity index (χ4v) is 3.01. The number of H-pyrrole nitrogens is 1. The first-order valence-corrected chi connectivity index (χ1v) is 8.45. The Morgan fingerprint density at radius 2 is 2.00 bits per heavy atom. The summed E-state index contributed by atoms with van der Waals surface area (Å²) in [7, 11) is 0. The molecule has 0 aliphatic rings. The van der Waals surface area contributed by atoms with E-state index in [1.165, 1.54) is 12.1 Å². The fourth-order valence-electron chi connectivity index (χ4n) is 3.01. The van der Waals surface area contributed by atoms with Gasteiger partial charge in [-0.2, -0.15) is 5.10 Å². The Balaban J connectivity index is 1.63. The topological polar surface area (TPSA) is 62.7 Å². The molecule has 2 aromatic heterocycles. The van der Waals surface area contributed by atoms with Gasteiger partial charge in [0.05, 0.1) is 17.4 Å². The minimum absolute atomic E-state index is 0.136. The minimum Gasteiger partial charge on any atom is -0.381 e. The van der Waals surface area contributed by atoms with Gasteiger partial charge in [-0.3, -0.25) is 4.79 Å². The molecule has 0 fully saturated rings. The molecule has 0 aliphatic heterocycles. The smallest absolute Gasteiger partial charge is 0.248 e. The van der Waals surface area contributed by atoms with Crippen LogP contribution in [0.1, 0.15) is 11.1 Å². The Kier molecular flexibility index (Phi) is 4.30. The molecule has 0 spiro atoms. The molecular weight excluding hydrogens is 343 g/mol. The van der Waals surface area contributed by atoms with E-state index in [1.807, 2.05) is 24.3 Å². The maximum absolute atomic E-state index is 13.2. The van der Waals surface area contributed by atoms with Gasteiger partial charge in [0.15, 0.2) is 0 Å². The summed E-state index contributed by atoms with van der Waals surface area (Å²) in [5.74, 6) is -0.284. The molecule has 2 aromatic carbocycles. The van der Waals surface area contributed by atoms with Crippen molar-refractivity contribution in [3.63, 3.8) is 0 Å². The van der Waals surface area contributed by atoms with Crippen molar-refractivity contribution in [2.45, 2.75) is 6.54 Å². The predicted octanol–water partition coefficient (Wildman–Crippen LogP) is 3.61. The van der Waals surface area contributed by atoms with E-state index in [2.05, 4.69) is 22.0 Å². The quantitative estimate of drug-likeness (QED) is 0.571. The van der Waals surface area contributed by atoms with E-state index in [9.17, 15) is 9.18 Å². The van der Waals surface area contributed by atoms with Crippen molar-refractivity contribution in [3.8, 4) is 5.69 Å². The Morgan fingerprint density at radius 1 is 1.19 bits per heavy atom. The average Bonchev–Trinajstić information content (AvgIpc) is 3.11. The predicted molar refractivity (Wildman–Crippen MR) is 104 cm³/mol. The lowest BCUT2D eigenvalue weighted by molar-refractivity contribution is 0.627. The van der Waals surface area contributed by atoms with Crippen molar-refractivity contribution in [2.75, 3.05) is 0 Å². The van der Waals surface area contributed by atoms with Gasteiger partial charge < -0.3 is 10.3 Å². The summed E-state index contributed by atoms with van der Waals surface area (Å²) < 4.78 is 15.0. The molecule has 0 aliphatic carbocycles. The van der Waals surface area contributed by atoms with Crippen molar-refractivity contribution < 1.29 is 4.39 Å². The van der Waals surface area contributed by atoms with E-state index in [1.54, 1.807) is 35.3 Å². The molecule has 4 rings (SSSR count). The number of nitrogens with zero attached hydrogens (tertiary/aromatic N) is 2. The number of nitrogens with one attached hydrogen (secondary N) is 2. The number of hydrogen-bond acceptors (Lipinski definition) is 3. The van der Waals surface area contributed by atoms with Crippen molar-refractivity contribution in [1.82, 2.24) is 20.1 Å². The average molecular weight is 360 g/mol. The van der Waals surface area contributed by atoms with Crippen molar-refractivity contribution in [3.05, 3.63) is 101 Å². The summed E-state index contributed by atoms with van der Waals surface area (Å²) in [6, 6.07) is 15.4. The van der Waals surface area contributed by atoms with Crippen molar-refractivity contribution in [1.29, 1.82) is 0 Å². The Hall–Kier alpha value is -3.67. The highest BCUT2D eigenvalue weighted by Crippen LogP contribution is 2.25. The number of fused-ring (bicyclic) bond motifs is 1. The lowest BCUT2D eigenvalue weighted by Gasteiger charge is -2.11. The van der Waals surface area contributed by atoms with Crippen LogP contribution < -0.4 is 10.9 Å². The second-order valence-corrected chi connectivity index (χ2v) is 6.16. The highest BCUT2D eigenvalue weighted by Gasteiger charge is 2.10. The van der Waals surface area contributed by atoms with Gasteiger partial charge in [0.1, 0.15) is 5.82 Å². The summed E-state index contributed by atoms with van der Waals surface area (Å²) in [5, 5.41) is 8.64. The van der Waals surface area contributed by atoms with Crippen LogP contribution in [0.5, 0.6) is 0 Å². The van der Waals surface area contributed by atoms with Crippen LogP contribution >= 0.6 is 0 Å². The van der Waals surface area contributed by atoms with Gasteiger partial charge in [0, 0.05) is 35.5 Å². The molecule has 2 heterocycles. The van der Waals surface area contributed by atoms with Gasteiger partial charge in [-0.15, -0.1) is 0 Å². The first-order chi connectivity index (χ1) is 13.1. The fraction of sp³-hybridized carbons (Fsp3) is 0.0476. The molecule has 0 bridgehead atoms. The van der Waals surface area contributed by atoms with Crippen LogP contribution in [-0.2, 0) is 6.54 Å². The number of halogens is 1. The van der Waals surface area contributed by atoms with Crippen LogP contribution in [0, 0.1) is 5.82 Å². The second kappa shape index (κ2) is 6.92. The van der Waals surface area contributed by atoms with Crippen molar-refractivity contribution >= 4 is 16.6 Å². The van der Waals surface area contributed by atoms with Crippen LogP contribution in [0.25, 0.3) is 22.3 Å². The third kappa shape index (κ3) is 3.37. The normalized spacial score (nSPS) is 10.9. The van der Waals surface area contributed by atoms with Gasteiger partial charge in [-0.25, -0.2) is 9.07 Å². The number of aromatic nitrogens is 3. The van der Waals surface area contributed by atoms with Gasteiger partial charge in [-0.05, 0) is 42.0 Å². The molecule has 0 saturated carbocycles. The van der Waals surface area contributed by atoms with Crippen LogP contribution in [0.3, 0.4) is 0 Å². The molecule has 6 heteroatoms. The summed E-state index contributed by atoms with van der Waals surface area (Å²) >= 11 is 0. The summed E-state index contributed by atoms with van der Waals surface area (Å²) in [5.41, 5.74) is 4.07. The monoisotopic (exact) mass is 360 g/mol. The summed E-state index contributed by atoms with van der Waals surface area (Å²) in [6.07, 6.45) is 3.39. The van der Waals surface area contributed by atoms with Crippen LogP contribution in [0.15, 0.2) is 78.4 Å². The van der Waals surface area contributed by atoms with E-state index >= 15 is 0 Å². The molecule has 27 heavy (non-hydrogen) atoms. The molecule has 0 unspecified atom stereocenters. The molecule has 5 nitrogen and oxygen atoms in total. The summed E-state index contributed by atoms with van der Waals surface area (Å²) in [4.78, 5) is 14.0. The zero-order chi connectivity index (χ0) is 18.8. The number of rotatable bonds is 5. The molecule has 0 saturated heterocycles. The van der Waals surface area contributed by atoms with Crippen LogP contribution in [-0.4, -0.2) is 14.8 Å². The Labute approximate surface area is 154 Å². The molecule has 4 aromatic rings. The number of benzene rings is 2. The maximum Gasteiger partial charge on any atom is 0.248 e. The Bertz CT molecular complexity index is 1170. The SMILES string of the molecule is C=C(NCc1cc[nH]c(=O)c1)c1cccc2c1cnn2-c1ccc(F)cc1. The van der Waals surface area contributed by atoms with E-state index < -0.39 is 0 Å². The Morgan fingerprint density at radius 3 is 2.78 bits per heavy atom. The third-order valence-corrected chi connectivity index (χ3v) is 4.36. The highest BCUT2D eigenvalue weighted by molar-refractivity contribution is 5.91. The lowest BCUT2D eigenvalue weighted by atomic mass is 10.1. The molecule has 0 amide bonds. The van der Waals surface area contributed by atoms with Gasteiger partial charge >= 0.3 is 0 Å². The van der Waals surface area contributed by atoms with Crippen LogP contribution in [0.4, 0.5) is 4.39 Å². The molecule has 134 valence electrons. The number of pyridine rings is 1. The zero-order valence-electron chi connectivity index (χ0n) is 14.4. The first kappa shape index (κ1) is 16.8. The zero-order valence-corrected chi connectivity index (χ0v) is 14.4. The van der Waals surface area contributed by atoms with Gasteiger partial charge in [0.2, 0.25) is 5.56 Å². The van der Waals surface area contributed by atoms with Gasteiger partial charge in [0.25, 0.3) is 0 Å². The van der Waals surface area contributed by atoms with Crippen LogP contribution in [0.2, 0.25) is 0 Å². The number of aromatic amines is 1. The number of hydrogen-bond donors (Lipinski definition) is 2. The van der Waals surface area contributed by atoms with E-state index in [-0.39, 0.29) is 11.4 Å². The molecule has 0 radical (unpaired) electrons. The standard InChI is InChI=1S/C21H17FN4O/c1-14(24-12-15-9-10-23-21(27)11-15)18-3-2-4-20-19(18)13-25-26(20)17-7-5-16(22)6-8-17/h2-11,13,24H,1,12H2,(H,23,27). The minimum atomic E-state index is -0.284. The van der Waals surface area contributed by atoms with E-state index in [4.69, 9.17) is 0 Å². The van der Waals surface area contributed by atoms with Crippen molar-refractivity contribution in [2.24, 2.45) is 0 Å². The largest absolute Gasteiger partial charge is 0.381 e. The maximum atomic E-state index is 13.2. The lowest BCUT2D eigenvalue weighted by Crippen LogP contribution is -2.13. The highest BCUT2D eigenvalue weighted by atomic mass is 19.1. The van der Waals surface area contributed by atoms with E-state index in [0.29, 0.717) is 6.54 Å². The first-order valence-electron chi connectivity index (χ1n) is 8.45.